The van der Waals surface area contributed by atoms with E-state index in [-0.39, 0.29) is 5.56 Å². The Morgan fingerprint density at radius 3 is 2.89 bits per heavy atom. The number of aryl methyl sites for hydroxylation is 1. The number of rotatable bonds is 5. The van der Waals surface area contributed by atoms with Gasteiger partial charge in [0.05, 0.1) is 12.8 Å². The Labute approximate surface area is 104 Å². The fourth-order valence-electron chi connectivity index (χ4n) is 1.59. The summed E-state index contributed by atoms with van der Waals surface area (Å²) in [7, 11) is 0. The second kappa shape index (κ2) is 5.46. The van der Waals surface area contributed by atoms with Crippen molar-refractivity contribution in [3.05, 3.63) is 53.2 Å². The zero-order valence-electron chi connectivity index (χ0n) is 10.0. The molecule has 94 valence electrons. The van der Waals surface area contributed by atoms with Crippen LogP contribution in [0.15, 0.2) is 35.1 Å². The van der Waals surface area contributed by atoms with Crippen molar-refractivity contribution in [2.45, 2.75) is 20.0 Å². The summed E-state index contributed by atoms with van der Waals surface area (Å²) in [6.45, 7) is 2.93. The van der Waals surface area contributed by atoms with Gasteiger partial charge in [-0.1, -0.05) is 6.07 Å². The maximum absolute atomic E-state index is 10.9. The highest BCUT2D eigenvalue weighted by atomic mass is 16.4. The van der Waals surface area contributed by atoms with Crippen molar-refractivity contribution >= 4 is 5.97 Å². The summed E-state index contributed by atoms with van der Waals surface area (Å²) in [5, 5.41) is 12.0. The molecule has 0 fully saturated rings. The third kappa shape index (κ3) is 2.95. The average Bonchev–Trinajstić information content (AvgIpc) is 2.80. The smallest absolute Gasteiger partial charge is 0.339 e. The van der Waals surface area contributed by atoms with E-state index in [1.807, 2.05) is 19.1 Å². The lowest BCUT2D eigenvalue weighted by molar-refractivity contribution is 0.0694. The Hall–Kier alpha value is -2.14. The van der Waals surface area contributed by atoms with Gasteiger partial charge < -0.3 is 14.8 Å². The number of carboxylic acid groups (broad SMARTS) is 1. The summed E-state index contributed by atoms with van der Waals surface area (Å²) in [5.74, 6) is -0.542. The summed E-state index contributed by atoms with van der Waals surface area (Å²) >= 11 is 0. The van der Waals surface area contributed by atoms with Gasteiger partial charge in [-0.2, -0.15) is 0 Å². The lowest BCUT2D eigenvalue weighted by Gasteiger charge is -2.04. The molecule has 0 bridgehead atoms. The Morgan fingerprint density at radius 1 is 1.39 bits per heavy atom. The van der Waals surface area contributed by atoms with Crippen LogP contribution >= 0.6 is 0 Å². The van der Waals surface area contributed by atoms with Gasteiger partial charge in [0, 0.05) is 18.4 Å². The number of carboxylic acids is 1. The highest BCUT2D eigenvalue weighted by Gasteiger charge is 2.12. The van der Waals surface area contributed by atoms with E-state index in [2.05, 4.69) is 10.3 Å². The molecule has 2 heterocycles. The van der Waals surface area contributed by atoms with Gasteiger partial charge >= 0.3 is 5.97 Å². The van der Waals surface area contributed by atoms with Gasteiger partial charge in [-0.15, -0.1) is 0 Å². The van der Waals surface area contributed by atoms with E-state index < -0.39 is 5.97 Å². The maximum Gasteiger partial charge on any atom is 0.339 e. The van der Waals surface area contributed by atoms with Crippen molar-refractivity contribution in [2.24, 2.45) is 0 Å². The first kappa shape index (κ1) is 12.3. The van der Waals surface area contributed by atoms with Gasteiger partial charge in [-0.05, 0) is 24.6 Å². The first-order valence-electron chi connectivity index (χ1n) is 5.58. The first-order chi connectivity index (χ1) is 8.66. The summed E-state index contributed by atoms with van der Waals surface area (Å²) in [6, 6.07) is 5.37. The fourth-order valence-corrected chi connectivity index (χ4v) is 1.59. The monoisotopic (exact) mass is 246 g/mol. The van der Waals surface area contributed by atoms with Crippen LogP contribution in [0.2, 0.25) is 0 Å². The van der Waals surface area contributed by atoms with Crippen molar-refractivity contribution in [1.29, 1.82) is 0 Å². The van der Waals surface area contributed by atoms with E-state index in [0.717, 1.165) is 11.3 Å². The van der Waals surface area contributed by atoms with E-state index >= 15 is 0 Å². The molecule has 0 saturated carbocycles. The van der Waals surface area contributed by atoms with Gasteiger partial charge in [0.15, 0.2) is 0 Å². The number of aromatic nitrogens is 1. The number of nitrogens with zero attached hydrogens (tertiary/aromatic N) is 1. The van der Waals surface area contributed by atoms with Gasteiger partial charge in [0.25, 0.3) is 0 Å². The standard InChI is InChI=1S/C13H14N2O3/c1-9-2-3-10(7-15-9)6-14-8-12-11(13(16)17)4-5-18-12/h2-5,7,14H,6,8H2,1H3,(H,16,17). The Kier molecular flexibility index (Phi) is 3.74. The fraction of sp³-hybridized carbons (Fsp3) is 0.231. The SMILES string of the molecule is Cc1ccc(CNCc2occc2C(=O)O)cn1. The van der Waals surface area contributed by atoms with Crippen LogP contribution in [0, 0.1) is 6.92 Å². The minimum atomic E-state index is -0.974. The summed E-state index contributed by atoms with van der Waals surface area (Å²) < 4.78 is 5.12. The Balaban J connectivity index is 1.90. The molecule has 0 atom stereocenters. The summed E-state index contributed by atoms with van der Waals surface area (Å²) in [6.07, 6.45) is 3.18. The van der Waals surface area contributed by atoms with Crippen molar-refractivity contribution in [3.8, 4) is 0 Å². The van der Waals surface area contributed by atoms with Crippen LogP contribution in [0.25, 0.3) is 0 Å². The van der Waals surface area contributed by atoms with Gasteiger partial charge in [-0.3, -0.25) is 4.98 Å². The Bertz CT molecular complexity index is 531. The highest BCUT2D eigenvalue weighted by molar-refractivity contribution is 5.88. The molecule has 5 heteroatoms. The van der Waals surface area contributed by atoms with Crippen LogP contribution in [0.3, 0.4) is 0 Å². The molecule has 0 saturated heterocycles. The van der Waals surface area contributed by atoms with E-state index in [9.17, 15) is 4.79 Å². The van der Waals surface area contributed by atoms with Crippen molar-refractivity contribution in [3.63, 3.8) is 0 Å². The molecule has 2 rings (SSSR count). The van der Waals surface area contributed by atoms with Gasteiger partial charge in [0.1, 0.15) is 11.3 Å². The van der Waals surface area contributed by atoms with Crippen LogP contribution in [0.4, 0.5) is 0 Å². The Morgan fingerprint density at radius 2 is 2.22 bits per heavy atom. The molecular weight excluding hydrogens is 232 g/mol. The van der Waals surface area contributed by atoms with Crippen molar-refractivity contribution in [1.82, 2.24) is 10.3 Å². The molecule has 2 aromatic heterocycles. The molecule has 2 aromatic rings. The van der Waals surface area contributed by atoms with Gasteiger partial charge in [0.2, 0.25) is 0 Å². The van der Waals surface area contributed by atoms with Gasteiger partial charge in [-0.25, -0.2) is 4.79 Å². The number of carbonyl (C=O) groups is 1. The zero-order valence-corrected chi connectivity index (χ0v) is 10.0. The number of hydrogen-bond acceptors (Lipinski definition) is 4. The molecule has 0 aromatic carbocycles. The quantitative estimate of drug-likeness (QED) is 0.843. The number of hydrogen-bond donors (Lipinski definition) is 2. The van der Waals surface area contributed by atoms with Crippen molar-refractivity contribution < 1.29 is 14.3 Å². The zero-order chi connectivity index (χ0) is 13.0. The van der Waals surface area contributed by atoms with E-state index in [1.165, 1.54) is 12.3 Å². The van der Waals surface area contributed by atoms with Crippen LogP contribution in [-0.4, -0.2) is 16.1 Å². The normalized spacial score (nSPS) is 10.5. The molecule has 0 aliphatic carbocycles. The van der Waals surface area contributed by atoms with Crippen molar-refractivity contribution in [2.75, 3.05) is 0 Å². The molecule has 0 radical (unpaired) electrons. The predicted molar refractivity (Wildman–Crippen MR) is 65.2 cm³/mol. The molecule has 0 unspecified atom stereocenters. The molecule has 0 amide bonds. The molecule has 18 heavy (non-hydrogen) atoms. The minimum absolute atomic E-state index is 0.199. The lowest BCUT2D eigenvalue weighted by atomic mass is 10.2. The van der Waals surface area contributed by atoms with Crippen LogP contribution in [0.1, 0.15) is 27.4 Å². The second-order valence-corrected chi connectivity index (χ2v) is 3.97. The van der Waals surface area contributed by atoms with Crippen LogP contribution in [0.5, 0.6) is 0 Å². The highest BCUT2D eigenvalue weighted by Crippen LogP contribution is 2.10. The van der Waals surface area contributed by atoms with E-state index in [4.69, 9.17) is 9.52 Å². The average molecular weight is 246 g/mol. The largest absolute Gasteiger partial charge is 0.478 e. The summed E-state index contributed by atoms with van der Waals surface area (Å²) in [4.78, 5) is 15.0. The number of furan rings is 1. The molecule has 0 aliphatic heterocycles. The number of pyridine rings is 1. The van der Waals surface area contributed by atoms with E-state index in [1.54, 1.807) is 6.20 Å². The number of aromatic carboxylic acids is 1. The van der Waals surface area contributed by atoms with E-state index in [0.29, 0.717) is 18.8 Å². The molecule has 0 aliphatic rings. The van der Waals surface area contributed by atoms with Crippen LogP contribution < -0.4 is 5.32 Å². The molecule has 2 N–H and O–H groups in total. The maximum atomic E-state index is 10.9. The lowest BCUT2D eigenvalue weighted by Crippen LogP contribution is -2.14. The molecular formula is C13H14N2O3. The van der Waals surface area contributed by atoms with Crippen LogP contribution in [-0.2, 0) is 13.1 Å². The molecule has 0 spiro atoms. The first-order valence-corrected chi connectivity index (χ1v) is 5.58. The minimum Gasteiger partial charge on any atom is -0.478 e. The second-order valence-electron chi connectivity index (χ2n) is 3.97. The molecule has 5 nitrogen and oxygen atoms in total. The summed E-state index contributed by atoms with van der Waals surface area (Å²) in [5.41, 5.74) is 2.21. The topological polar surface area (TPSA) is 75.4 Å². The third-order valence-corrected chi connectivity index (χ3v) is 2.56. The third-order valence-electron chi connectivity index (χ3n) is 2.56. The predicted octanol–water partition coefficient (Wildman–Crippen LogP) is 1.97. The number of nitrogens with one attached hydrogen (secondary N) is 1.